The van der Waals surface area contributed by atoms with Gasteiger partial charge in [0.05, 0.1) is 15.2 Å². The Morgan fingerprint density at radius 3 is 2.79 bits per heavy atom. The van der Waals surface area contributed by atoms with Crippen molar-refractivity contribution in [2.24, 2.45) is 0 Å². The lowest BCUT2D eigenvalue weighted by molar-refractivity contribution is 0.206. The maximum atomic E-state index is 12.7. The number of hydrogen-bond donors (Lipinski definition) is 1. The summed E-state index contributed by atoms with van der Waals surface area (Å²) < 4.78 is 1.10. The predicted octanol–water partition coefficient (Wildman–Crippen LogP) is 4.80. The number of thiazole rings is 1. The van der Waals surface area contributed by atoms with Crippen LogP contribution in [-0.2, 0) is 6.54 Å². The van der Waals surface area contributed by atoms with Crippen LogP contribution < -0.4 is 5.32 Å². The quantitative estimate of drug-likeness (QED) is 0.743. The number of rotatable bonds is 4. The molecule has 4 rings (SSSR count). The van der Waals surface area contributed by atoms with E-state index in [9.17, 15) is 4.79 Å². The highest BCUT2D eigenvalue weighted by atomic mass is 32.1. The van der Waals surface area contributed by atoms with Crippen LogP contribution in [0.5, 0.6) is 0 Å². The SMILES string of the molecule is Cc1nc2ccc(NC(=O)N(Cc3ccccc3)C3CC3)cc2s1. The van der Waals surface area contributed by atoms with Crippen LogP contribution in [0.4, 0.5) is 10.5 Å². The number of urea groups is 1. The highest BCUT2D eigenvalue weighted by molar-refractivity contribution is 7.18. The zero-order valence-electron chi connectivity index (χ0n) is 13.5. The Labute approximate surface area is 145 Å². The zero-order valence-corrected chi connectivity index (χ0v) is 14.3. The summed E-state index contributed by atoms with van der Waals surface area (Å²) in [5.74, 6) is 0. The standard InChI is InChI=1S/C19H19N3OS/c1-13-20-17-10-7-15(11-18(17)24-13)21-19(23)22(16-8-9-16)12-14-5-3-2-4-6-14/h2-7,10-11,16H,8-9,12H2,1H3,(H,21,23). The van der Waals surface area contributed by atoms with Crippen molar-refractivity contribution in [2.75, 3.05) is 5.32 Å². The molecule has 1 saturated carbocycles. The van der Waals surface area contributed by atoms with Crippen molar-refractivity contribution in [3.63, 3.8) is 0 Å². The lowest BCUT2D eigenvalue weighted by atomic mass is 10.2. The maximum absolute atomic E-state index is 12.7. The smallest absolute Gasteiger partial charge is 0.317 e. The molecule has 1 aromatic heterocycles. The number of anilines is 1. The molecule has 1 aliphatic carbocycles. The number of aryl methyl sites for hydroxylation is 1. The van der Waals surface area contributed by atoms with Gasteiger partial charge in [0.15, 0.2) is 0 Å². The summed E-state index contributed by atoms with van der Waals surface area (Å²) in [6.07, 6.45) is 2.18. The van der Waals surface area contributed by atoms with Crippen molar-refractivity contribution in [3.05, 3.63) is 59.1 Å². The Balaban J connectivity index is 1.51. The molecule has 0 unspecified atom stereocenters. The maximum Gasteiger partial charge on any atom is 0.322 e. The molecule has 1 aliphatic rings. The van der Waals surface area contributed by atoms with Gasteiger partial charge in [0.25, 0.3) is 0 Å². The molecule has 0 spiro atoms. The van der Waals surface area contributed by atoms with Gasteiger partial charge in [-0.1, -0.05) is 30.3 Å². The molecule has 24 heavy (non-hydrogen) atoms. The molecule has 5 heteroatoms. The number of nitrogens with one attached hydrogen (secondary N) is 1. The Bertz CT molecular complexity index is 871. The third-order valence-corrected chi connectivity index (χ3v) is 5.12. The number of hydrogen-bond acceptors (Lipinski definition) is 3. The molecule has 1 N–H and O–H groups in total. The summed E-state index contributed by atoms with van der Waals surface area (Å²) in [6, 6.07) is 16.4. The van der Waals surface area contributed by atoms with Crippen LogP contribution in [0.2, 0.25) is 0 Å². The first-order valence-corrected chi connectivity index (χ1v) is 8.99. The second-order valence-electron chi connectivity index (χ2n) is 6.19. The molecule has 1 heterocycles. The van der Waals surface area contributed by atoms with Gasteiger partial charge in [0.1, 0.15) is 0 Å². The monoisotopic (exact) mass is 337 g/mol. The molecular weight excluding hydrogens is 318 g/mol. The fourth-order valence-electron chi connectivity index (χ4n) is 2.85. The van der Waals surface area contributed by atoms with Crippen LogP contribution in [0, 0.1) is 6.92 Å². The first kappa shape index (κ1) is 15.1. The fraction of sp³-hybridized carbons (Fsp3) is 0.263. The number of carbonyl (C=O) groups excluding carboxylic acids is 1. The van der Waals surface area contributed by atoms with Gasteiger partial charge < -0.3 is 10.2 Å². The Kier molecular flexibility index (Phi) is 3.94. The minimum Gasteiger partial charge on any atom is -0.317 e. The zero-order chi connectivity index (χ0) is 16.5. The van der Waals surface area contributed by atoms with E-state index in [0.717, 1.165) is 39.3 Å². The van der Waals surface area contributed by atoms with Crippen molar-refractivity contribution in [3.8, 4) is 0 Å². The molecule has 0 saturated heterocycles. The van der Waals surface area contributed by atoms with E-state index in [4.69, 9.17) is 0 Å². The Morgan fingerprint density at radius 2 is 2.04 bits per heavy atom. The van der Waals surface area contributed by atoms with Gasteiger partial charge in [-0.25, -0.2) is 9.78 Å². The summed E-state index contributed by atoms with van der Waals surface area (Å²) in [5, 5.41) is 4.09. The first-order valence-electron chi connectivity index (χ1n) is 8.18. The summed E-state index contributed by atoms with van der Waals surface area (Å²) in [6.45, 7) is 2.65. The summed E-state index contributed by atoms with van der Waals surface area (Å²) >= 11 is 1.65. The number of benzene rings is 2. The van der Waals surface area contributed by atoms with Gasteiger partial charge >= 0.3 is 6.03 Å². The van der Waals surface area contributed by atoms with E-state index in [1.54, 1.807) is 11.3 Å². The number of fused-ring (bicyclic) bond motifs is 1. The van der Waals surface area contributed by atoms with E-state index in [1.165, 1.54) is 0 Å². The molecule has 3 aromatic rings. The topological polar surface area (TPSA) is 45.2 Å². The van der Waals surface area contributed by atoms with Crippen molar-refractivity contribution in [2.45, 2.75) is 32.4 Å². The summed E-state index contributed by atoms with van der Waals surface area (Å²) in [5.41, 5.74) is 2.97. The highest BCUT2D eigenvalue weighted by Crippen LogP contribution is 2.30. The van der Waals surface area contributed by atoms with E-state index in [2.05, 4.69) is 22.4 Å². The van der Waals surface area contributed by atoms with Crippen molar-refractivity contribution < 1.29 is 4.79 Å². The molecule has 0 atom stereocenters. The van der Waals surface area contributed by atoms with E-state index in [-0.39, 0.29) is 6.03 Å². The minimum absolute atomic E-state index is 0.0260. The van der Waals surface area contributed by atoms with Gasteiger partial charge in [0, 0.05) is 18.3 Å². The molecule has 0 radical (unpaired) electrons. The van der Waals surface area contributed by atoms with Crippen molar-refractivity contribution in [1.29, 1.82) is 0 Å². The molecule has 0 aliphatic heterocycles. The highest BCUT2D eigenvalue weighted by Gasteiger charge is 2.32. The van der Waals surface area contributed by atoms with Crippen LogP contribution >= 0.6 is 11.3 Å². The molecule has 4 nitrogen and oxygen atoms in total. The van der Waals surface area contributed by atoms with E-state index >= 15 is 0 Å². The molecule has 2 amide bonds. The number of nitrogens with zero attached hydrogens (tertiary/aromatic N) is 2. The third kappa shape index (κ3) is 3.26. The normalized spacial score (nSPS) is 13.9. The molecular formula is C19H19N3OS. The van der Waals surface area contributed by atoms with Gasteiger partial charge in [-0.15, -0.1) is 11.3 Å². The number of amides is 2. The lowest BCUT2D eigenvalue weighted by Gasteiger charge is -2.23. The van der Waals surface area contributed by atoms with Gasteiger partial charge in [-0.3, -0.25) is 0 Å². The summed E-state index contributed by atoms with van der Waals surface area (Å²) in [7, 11) is 0. The number of carbonyl (C=O) groups is 1. The lowest BCUT2D eigenvalue weighted by Crippen LogP contribution is -2.36. The Morgan fingerprint density at radius 1 is 1.25 bits per heavy atom. The number of aromatic nitrogens is 1. The molecule has 122 valence electrons. The predicted molar refractivity (Wildman–Crippen MR) is 98.4 cm³/mol. The van der Waals surface area contributed by atoms with Gasteiger partial charge in [0.2, 0.25) is 0 Å². The third-order valence-electron chi connectivity index (χ3n) is 4.19. The van der Waals surface area contributed by atoms with Crippen molar-refractivity contribution in [1.82, 2.24) is 9.88 Å². The van der Waals surface area contributed by atoms with Crippen molar-refractivity contribution >= 4 is 33.3 Å². The molecule has 2 aromatic carbocycles. The average molecular weight is 337 g/mol. The second-order valence-corrected chi connectivity index (χ2v) is 7.42. The van der Waals surface area contributed by atoms with Crippen LogP contribution in [0.1, 0.15) is 23.4 Å². The largest absolute Gasteiger partial charge is 0.322 e. The van der Waals surface area contributed by atoms with E-state index in [0.29, 0.717) is 12.6 Å². The van der Waals surface area contributed by atoms with Gasteiger partial charge in [-0.05, 0) is 43.5 Å². The first-order chi connectivity index (χ1) is 11.7. The average Bonchev–Trinajstić information content (AvgIpc) is 3.34. The van der Waals surface area contributed by atoms with Crippen LogP contribution in [0.25, 0.3) is 10.2 Å². The van der Waals surface area contributed by atoms with Crippen LogP contribution in [0.15, 0.2) is 48.5 Å². The Hall–Kier alpha value is -2.40. The van der Waals surface area contributed by atoms with Gasteiger partial charge in [-0.2, -0.15) is 0 Å². The van der Waals surface area contributed by atoms with Crippen LogP contribution in [0.3, 0.4) is 0 Å². The second kappa shape index (κ2) is 6.24. The minimum atomic E-state index is -0.0260. The summed E-state index contributed by atoms with van der Waals surface area (Å²) in [4.78, 5) is 19.1. The van der Waals surface area contributed by atoms with Crippen LogP contribution in [-0.4, -0.2) is 22.0 Å². The molecule has 0 bridgehead atoms. The van der Waals surface area contributed by atoms with E-state index in [1.807, 2.05) is 48.2 Å². The fourth-order valence-corrected chi connectivity index (χ4v) is 3.71. The van der Waals surface area contributed by atoms with E-state index < -0.39 is 0 Å². The molecule has 1 fully saturated rings.